The molecular weight excluding hydrogens is 248 g/mol. The highest BCUT2D eigenvalue weighted by Gasteiger charge is 2.34. The molecule has 1 rings (SSSR count). The van der Waals surface area contributed by atoms with Crippen LogP contribution in [0.15, 0.2) is 12.1 Å². The van der Waals surface area contributed by atoms with E-state index in [2.05, 4.69) is 0 Å². The molecular formula is C10H9Cl2F3. The summed E-state index contributed by atoms with van der Waals surface area (Å²) in [7, 11) is 0. The van der Waals surface area contributed by atoms with Crippen molar-refractivity contribution in [1.82, 2.24) is 0 Å². The molecule has 84 valence electrons. The van der Waals surface area contributed by atoms with Crippen LogP contribution in [0.5, 0.6) is 0 Å². The van der Waals surface area contributed by atoms with Crippen LogP contribution in [0.4, 0.5) is 13.2 Å². The van der Waals surface area contributed by atoms with E-state index in [0.29, 0.717) is 5.56 Å². The third-order valence-corrected chi connectivity index (χ3v) is 2.65. The molecule has 0 saturated carbocycles. The topological polar surface area (TPSA) is 0 Å². The molecule has 0 aliphatic carbocycles. The molecule has 15 heavy (non-hydrogen) atoms. The average Bonchev–Trinajstić information content (AvgIpc) is 2.00. The SMILES string of the molecule is CC(C)c1cc(C(F)(F)F)c(Cl)cc1Cl. The van der Waals surface area contributed by atoms with Crippen molar-refractivity contribution in [2.45, 2.75) is 25.9 Å². The molecule has 0 aliphatic heterocycles. The first-order chi connectivity index (χ1) is 6.73. The van der Waals surface area contributed by atoms with Gasteiger partial charge in [-0.2, -0.15) is 13.2 Å². The fourth-order valence-corrected chi connectivity index (χ4v) is 1.93. The average molecular weight is 257 g/mol. The molecule has 0 nitrogen and oxygen atoms in total. The van der Waals surface area contributed by atoms with Gasteiger partial charge in [-0.15, -0.1) is 0 Å². The van der Waals surface area contributed by atoms with Crippen molar-refractivity contribution in [2.24, 2.45) is 0 Å². The van der Waals surface area contributed by atoms with Crippen molar-refractivity contribution < 1.29 is 13.2 Å². The quantitative estimate of drug-likeness (QED) is 0.653. The standard InChI is InChI=1S/C10H9Cl2F3/c1-5(2)6-3-7(10(13,14)15)9(12)4-8(6)11/h3-5H,1-2H3. The van der Waals surface area contributed by atoms with Crippen molar-refractivity contribution in [3.8, 4) is 0 Å². The van der Waals surface area contributed by atoms with Gasteiger partial charge in [-0.05, 0) is 23.6 Å². The highest BCUT2D eigenvalue weighted by molar-refractivity contribution is 6.35. The van der Waals surface area contributed by atoms with Gasteiger partial charge in [0.25, 0.3) is 0 Å². The van der Waals surface area contributed by atoms with Gasteiger partial charge in [0.05, 0.1) is 10.6 Å². The van der Waals surface area contributed by atoms with Crippen molar-refractivity contribution in [1.29, 1.82) is 0 Å². The summed E-state index contributed by atoms with van der Waals surface area (Å²) in [5.41, 5.74) is -0.384. The number of hydrogen-bond donors (Lipinski definition) is 0. The Labute approximate surface area is 96.0 Å². The van der Waals surface area contributed by atoms with E-state index in [1.807, 2.05) is 0 Å². The first-order valence-electron chi connectivity index (χ1n) is 4.29. The van der Waals surface area contributed by atoms with E-state index in [9.17, 15) is 13.2 Å². The van der Waals surface area contributed by atoms with E-state index in [1.165, 1.54) is 0 Å². The molecule has 0 fully saturated rings. The Balaban J connectivity index is 3.37. The molecule has 0 saturated heterocycles. The normalized spacial score (nSPS) is 12.3. The third kappa shape index (κ3) is 2.79. The van der Waals surface area contributed by atoms with Crippen LogP contribution in [0.2, 0.25) is 10.0 Å². The smallest absolute Gasteiger partial charge is 0.166 e. The first-order valence-corrected chi connectivity index (χ1v) is 5.05. The van der Waals surface area contributed by atoms with E-state index < -0.39 is 11.7 Å². The molecule has 0 heterocycles. The Hall–Kier alpha value is -0.410. The molecule has 1 aromatic rings. The number of halogens is 5. The van der Waals surface area contributed by atoms with Gasteiger partial charge < -0.3 is 0 Å². The molecule has 0 radical (unpaired) electrons. The van der Waals surface area contributed by atoms with Crippen LogP contribution in [0.25, 0.3) is 0 Å². The molecule has 0 bridgehead atoms. The fourth-order valence-electron chi connectivity index (χ4n) is 1.23. The predicted octanol–water partition coefficient (Wildman–Crippen LogP) is 5.14. The summed E-state index contributed by atoms with van der Waals surface area (Å²) in [6.45, 7) is 3.55. The second-order valence-corrected chi connectivity index (χ2v) is 4.32. The van der Waals surface area contributed by atoms with E-state index in [4.69, 9.17) is 23.2 Å². The minimum Gasteiger partial charge on any atom is -0.166 e. The van der Waals surface area contributed by atoms with Gasteiger partial charge in [-0.3, -0.25) is 0 Å². The lowest BCUT2D eigenvalue weighted by Crippen LogP contribution is -2.07. The molecule has 0 atom stereocenters. The van der Waals surface area contributed by atoms with E-state index >= 15 is 0 Å². The van der Waals surface area contributed by atoms with Crippen LogP contribution < -0.4 is 0 Å². The zero-order valence-electron chi connectivity index (χ0n) is 8.12. The number of rotatable bonds is 1. The minimum absolute atomic E-state index is 0.0733. The Morgan fingerprint density at radius 3 is 2.00 bits per heavy atom. The minimum atomic E-state index is -4.44. The number of alkyl halides is 3. The molecule has 0 aromatic heterocycles. The summed E-state index contributed by atoms with van der Waals surface area (Å²) in [4.78, 5) is 0. The van der Waals surface area contributed by atoms with Crippen molar-refractivity contribution in [2.75, 3.05) is 0 Å². The predicted molar refractivity (Wildman–Crippen MR) is 55.6 cm³/mol. The maximum atomic E-state index is 12.5. The molecule has 0 aliphatic rings. The van der Waals surface area contributed by atoms with Gasteiger partial charge in [0.2, 0.25) is 0 Å². The lowest BCUT2D eigenvalue weighted by atomic mass is 10.0. The maximum Gasteiger partial charge on any atom is 0.417 e. The maximum absolute atomic E-state index is 12.5. The second-order valence-electron chi connectivity index (χ2n) is 3.51. The fraction of sp³-hybridized carbons (Fsp3) is 0.400. The summed E-state index contributed by atoms with van der Waals surface area (Å²) in [6.07, 6.45) is -4.44. The first kappa shape index (κ1) is 12.7. The Bertz CT molecular complexity index is 370. The van der Waals surface area contributed by atoms with Gasteiger partial charge in [0.1, 0.15) is 0 Å². The van der Waals surface area contributed by atoms with Gasteiger partial charge >= 0.3 is 6.18 Å². The van der Waals surface area contributed by atoms with Crippen LogP contribution in [0, 0.1) is 0 Å². The Morgan fingerprint density at radius 1 is 1.07 bits per heavy atom. The monoisotopic (exact) mass is 256 g/mol. The highest BCUT2D eigenvalue weighted by Crippen LogP contribution is 2.39. The molecule has 5 heteroatoms. The van der Waals surface area contributed by atoms with Crippen molar-refractivity contribution in [3.63, 3.8) is 0 Å². The molecule has 0 N–H and O–H groups in total. The Kier molecular flexibility index (Phi) is 3.56. The largest absolute Gasteiger partial charge is 0.417 e. The zero-order valence-corrected chi connectivity index (χ0v) is 9.63. The van der Waals surface area contributed by atoms with Gasteiger partial charge in [0, 0.05) is 5.02 Å². The van der Waals surface area contributed by atoms with E-state index in [1.54, 1.807) is 13.8 Å². The van der Waals surface area contributed by atoms with Gasteiger partial charge in [-0.25, -0.2) is 0 Å². The Morgan fingerprint density at radius 2 is 1.60 bits per heavy atom. The molecule has 0 amide bonds. The molecule has 0 unspecified atom stereocenters. The van der Waals surface area contributed by atoms with Gasteiger partial charge in [-0.1, -0.05) is 37.0 Å². The van der Waals surface area contributed by atoms with Crippen LogP contribution in [0.3, 0.4) is 0 Å². The summed E-state index contributed by atoms with van der Waals surface area (Å²) < 4.78 is 37.5. The lowest BCUT2D eigenvalue weighted by molar-refractivity contribution is -0.137. The third-order valence-electron chi connectivity index (χ3n) is 2.01. The van der Waals surface area contributed by atoms with Crippen molar-refractivity contribution >= 4 is 23.2 Å². The van der Waals surface area contributed by atoms with E-state index in [-0.39, 0.29) is 16.0 Å². The lowest BCUT2D eigenvalue weighted by Gasteiger charge is -2.14. The van der Waals surface area contributed by atoms with Gasteiger partial charge in [0.15, 0.2) is 0 Å². The zero-order chi connectivity index (χ0) is 11.8. The van der Waals surface area contributed by atoms with Crippen molar-refractivity contribution in [3.05, 3.63) is 33.3 Å². The van der Waals surface area contributed by atoms with Crippen LogP contribution in [0.1, 0.15) is 30.9 Å². The molecule has 0 spiro atoms. The molecule has 1 aromatic carbocycles. The number of hydrogen-bond acceptors (Lipinski definition) is 0. The number of benzene rings is 1. The summed E-state index contributed by atoms with van der Waals surface area (Å²) in [5.74, 6) is -0.0733. The van der Waals surface area contributed by atoms with Crippen LogP contribution in [-0.2, 0) is 6.18 Å². The van der Waals surface area contributed by atoms with E-state index in [0.717, 1.165) is 12.1 Å². The summed E-state index contributed by atoms with van der Waals surface area (Å²) in [5, 5.41) is -0.0973. The highest BCUT2D eigenvalue weighted by atomic mass is 35.5. The second kappa shape index (κ2) is 4.22. The summed E-state index contributed by atoms with van der Waals surface area (Å²) >= 11 is 11.3. The summed E-state index contributed by atoms with van der Waals surface area (Å²) in [6, 6.07) is 2.15. The van der Waals surface area contributed by atoms with Crippen LogP contribution in [-0.4, -0.2) is 0 Å². The van der Waals surface area contributed by atoms with Crippen LogP contribution >= 0.6 is 23.2 Å².